The second-order valence-corrected chi connectivity index (χ2v) is 2.59. The van der Waals surface area contributed by atoms with Crippen molar-refractivity contribution >= 4 is 5.97 Å². The maximum absolute atomic E-state index is 11.2. The Labute approximate surface area is 73.4 Å². The number of hydrogen-bond donors (Lipinski definition) is 0. The fraction of sp³-hybridized carbons (Fsp3) is 0.667. The van der Waals surface area contributed by atoms with Crippen LogP contribution < -0.4 is 0 Å². The molecule has 0 N–H and O–H groups in total. The van der Waals surface area contributed by atoms with E-state index in [4.69, 9.17) is 4.74 Å². The highest BCUT2D eigenvalue weighted by atomic mass is 16.5. The molecule has 3 heteroatoms. The van der Waals surface area contributed by atoms with Crippen LogP contribution in [0.5, 0.6) is 0 Å². The van der Waals surface area contributed by atoms with E-state index in [0.29, 0.717) is 6.42 Å². The fourth-order valence-electron chi connectivity index (χ4n) is 0.975. The molecule has 0 spiro atoms. The number of carbonyl (C=O) groups is 1. The van der Waals surface area contributed by atoms with E-state index in [2.05, 4.69) is 11.3 Å². The largest absolute Gasteiger partial charge is 0.469 e. The average molecular weight is 172 g/mol. The molecule has 2 atom stereocenters. The van der Waals surface area contributed by atoms with Crippen LogP contribution in [0.25, 0.3) is 0 Å². The lowest BCUT2D eigenvalue weighted by Crippen LogP contribution is -2.28. The highest BCUT2D eigenvalue weighted by Gasteiger charge is 2.24. The van der Waals surface area contributed by atoms with Crippen molar-refractivity contribution in [2.24, 2.45) is 5.92 Å². The lowest BCUT2D eigenvalue weighted by atomic mass is 10.00. The minimum atomic E-state index is -0.246. The number of hydrogen-bond acceptors (Lipinski definition) is 3. The summed E-state index contributed by atoms with van der Waals surface area (Å²) in [6, 6.07) is 0. The summed E-state index contributed by atoms with van der Waals surface area (Å²) in [5.41, 5.74) is 0. The second kappa shape index (κ2) is 5.77. The first-order valence-electron chi connectivity index (χ1n) is 3.88. The van der Waals surface area contributed by atoms with E-state index in [1.807, 2.05) is 6.92 Å². The third-order valence-corrected chi connectivity index (χ3v) is 1.86. The lowest BCUT2D eigenvalue weighted by Gasteiger charge is -2.18. The zero-order valence-corrected chi connectivity index (χ0v) is 7.87. The predicted octanol–water partition coefficient (Wildman–Crippen LogP) is 1.39. The minimum Gasteiger partial charge on any atom is -0.469 e. The molecule has 0 aromatic rings. The molecule has 0 aromatic heterocycles. The molecular formula is C9H16O3. The monoisotopic (exact) mass is 172 g/mol. The Balaban J connectivity index is 4.20. The number of ether oxygens (including phenoxy) is 2. The molecule has 3 nitrogen and oxygen atoms in total. The van der Waals surface area contributed by atoms with Gasteiger partial charge in [-0.15, -0.1) is 6.58 Å². The van der Waals surface area contributed by atoms with Crippen LogP contribution in [0.15, 0.2) is 12.7 Å². The summed E-state index contributed by atoms with van der Waals surface area (Å²) < 4.78 is 9.66. The fourth-order valence-corrected chi connectivity index (χ4v) is 0.975. The van der Waals surface area contributed by atoms with Crippen molar-refractivity contribution in [1.82, 2.24) is 0 Å². The van der Waals surface area contributed by atoms with E-state index in [9.17, 15) is 4.79 Å². The third-order valence-electron chi connectivity index (χ3n) is 1.86. The van der Waals surface area contributed by atoms with Crippen molar-refractivity contribution in [3.63, 3.8) is 0 Å². The Morgan fingerprint density at radius 2 is 2.17 bits per heavy atom. The number of methoxy groups -OCH3 is 2. The Bertz CT molecular complexity index is 154. The molecule has 0 rings (SSSR count). The predicted molar refractivity (Wildman–Crippen MR) is 46.8 cm³/mol. The number of carbonyl (C=O) groups excluding carboxylic acids is 1. The van der Waals surface area contributed by atoms with Gasteiger partial charge in [0.15, 0.2) is 0 Å². The van der Waals surface area contributed by atoms with E-state index in [-0.39, 0.29) is 18.0 Å². The quantitative estimate of drug-likeness (QED) is 0.464. The molecule has 0 fully saturated rings. The molecule has 0 saturated heterocycles. The second-order valence-electron chi connectivity index (χ2n) is 2.59. The SMILES string of the molecule is C=CC[C@H](C(=O)OC)[C@@H](C)OC. The molecule has 0 aliphatic rings. The summed E-state index contributed by atoms with van der Waals surface area (Å²) >= 11 is 0. The summed E-state index contributed by atoms with van der Waals surface area (Å²) in [4.78, 5) is 11.2. The maximum Gasteiger partial charge on any atom is 0.311 e. The molecule has 0 heterocycles. The smallest absolute Gasteiger partial charge is 0.311 e. The van der Waals surface area contributed by atoms with E-state index < -0.39 is 0 Å². The highest BCUT2D eigenvalue weighted by molar-refractivity contribution is 5.73. The van der Waals surface area contributed by atoms with Crippen LogP contribution in [0.4, 0.5) is 0 Å². The molecule has 0 unspecified atom stereocenters. The van der Waals surface area contributed by atoms with Gasteiger partial charge in [-0.1, -0.05) is 6.08 Å². The van der Waals surface area contributed by atoms with Gasteiger partial charge in [0.05, 0.1) is 19.1 Å². The third kappa shape index (κ3) is 3.05. The first-order chi connectivity index (χ1) is 5.67. The minimum absolute atomic E-state index is 0.129. The van der Waals surface area contributed by atoms with Gasteiger partial charge in [0, 0.05) is 7.11 Å². The molecule has 0 aliphatic heterocycles. The average Bonchev–Trinajstić information content (AvgIpc) is 2.11. The zero-order chi connectivity index (χ0) is 9.56. The van der Waals surface area contributed by atoms with Crippen LogP contribution in [0.3, 0.4) is 0 Å². The molecular weight excluding hydrogens is 156 g/mol. The molecule has 70 valence electrons. The van der Waals surface area contributed by atoms with Gasteiger partial charge in [-0.2, -0.15) is 0 Å². The van der Waals surface area contributed by atoms with Crippen LogP contribution >= 0.6 is 0 Å². The van der Waals surface area contributed by atoms with Crippen molar-refractivity contribution in [3.05, 3.63) is 12.7 Å². The lowest BCUT2D eigenvalue weighted by molar-refractivity contribution is -0.149. The van der Waals surface area contributed by atoms with Crippen LogP contribution in [-0.2, 0) is 14.3 Å². The molecule has 0 aliphatic carbocycles. The number of esters is 1. The molecule has 12 heavy (non-hydrogen) atoms. The Morgan fingerprint density at radius 1 is 1.58 bits per heavy atom. The highest BCUT2D eigenvalue weighted by Crippen LogP contribution is 2.13. The van der Waals surface area contributed by atoms with E-state index in [1.54, 1.807) is 13.2 Å². The van der Waals surface area contributed by atoms with Gasteiger partial charge in [-0.05, 0) is 13.3 Å². The van der Waals surface area contributed by atoms with Crippen LogP contribution in [0.1, 0.15) is 13.3 Å². The van der Waals surface area contributed by atoms with Gasteiger partial charge in [-0.3, -0.25) is 4.79 Å². The van der Waals surface area contributed by atoms with Gasteiger partial charge < -0.3 is 9.47 Å². The Morgan fingerprint density at radius 3 is 2.50 bits per heavy atom. The van der Waals surface area contributed by atoms with Crippen LogP contribution in [0, 0.1) is 5.92 Å². The van der Waals surface area contributed by atoms with Crippen LogP contribution in [0.2, 0.25) is 0 Å². The molecule has 0 amide bonds. The van der Waals surface area contributed by atoms with E-state index in [0.717, 1.165) is 0 Å². The van der Waals surface area contributed by atoms with Gasteiger partial charge in [0.2, 0.25) is 0 Å². The molecule has 0 aromatic carbocycles. The first-order valence-corrected chi connectivity index (χ1v) is 3.88. The van der Waals surface area contributed by atoms with Crippen LogP contribution in [-0.4, -0.2) is 26.3 Å². The number of rotatable bonds is 5. The summed E-state index contributed by atoms with van der Waals surface area (Å²) in [6.07, 6.45) is 2.15. The van der Waals surface area contributed by atoms with E-state index >= 15 is 0 Å². The zero-order valence-electron chi connectivity index (χ0n) is 7.87. The number of allylic oxidation sites excluding steroid dienone is 1. The maximum atomic E-state index is 11.2. The van der Waals surface area contributed by atoms with Gasteiger partial charge in [-0.25, -0.2) is 0 Å². The van der Waals surface area contributed by atoms with E-state index in [1.165, 1.54) is 7.11 Å². The standard InChI is InChI=1S/C9H16O3/c1-5-6-8(7(2)11-3)9(10)12-4/h5,7-8H,1,6H2,2-4H3/t7-,8+/m1/s1. The molecule has 0 saturated carbocycles. The Kier molecular flexibility index (Phi) is 5.37. The normalized spacial score (nSPS) is 14.9. The van der Waals surface area contributed by atoms with Crippen molar-refractivity contribution < 1.29 is 14.3 Å². The summed E-state index contributed by atoms with van der Waals surface area (Å²) in [5, 5.41) is 0. The topological polar surface area (TPSA) is 35.5 Å². The Hall–Kier alpha value is -0.830. The molecule has 0 bridgehead atoms. The van der Waals surface area contributed by atoms with Crippen molar-refractivity contribution in [3.8, 4) is 0 Å². The van der Waals surface area contributed by atoms with Crippen molar-refractivity contribution in [2.75, 3.05) is 14.2 Å². The van der Waals surface area contributed by atoms with Crippen molar-refractivity contribution in [1.29, 1.82) is 0 Å². The summed E-state index contributed by atoms with van der Waals surface area (Å²) in [7, 11) is 2.95. The van der Waals surface area contributed by atoms with Crippen molar-refractivity contribution in [2.45, 2.75) is 19.4 Å². The van der Waals surface area contributed by atoms with Gasteiger partial charge in [0.1, 0.15) is 0 Å². The summed E-state index contributed by atoms with van der Waals surface area (Å²) in [6.45, 7) is 5.41. The van der Waals surface area contributed by atoms with Gasteiger partial charge in [0.25, 0.3) is 0 Å². The summed E-state index contributed by atoms with van der Waals surface area (Å²) in [5.74, 6) is -0.484. The molecule has 0 radical (unpaired) electrons. The first kappa shape index (κ1) is 11.2. The van der Waals surface area contributed by atoms with Gasteiger partial charge >= 0.3 is 5.97 Å².